The zero-order valence-electron chi connectivity index (χ0n) is 13.1. The number of fused-ring (bicyclic) bond motifs is 1. The molecule has 0 radical (unpaired) electrons. The minimum Gasteiger partial charge on any atom is -0.347 e. The van der Waals surface area contributed by atoms with Crippen molar-refractivity contribution >= 4 is 34.4 Å². The minimum atomic E-state index is -0.635. The van der Waals surface area contributed by atoms with Gasteiger partial charge in [0.25, 0.3) is 0 Å². The summed E-state index contributed by atoms with van der Waals surface area (Å²) in [5.74, 6) is 0.0824. The topological polar surface area (TPSA) is 86.9 Å². The number of aromatic nitrogens is 2. The first kappa shape index (κ1) is 17.0. The van der Waals surface area contributed by atoms with E-state index in [4.69, 9.17) is 11.6 Å². The number of imidazole rings is 1. The Hall–Kier alpha value is -2.34. The van der Waals surface area contributed by atoms with Crippen LogP contribution in [0.3, 0.4) is 0 Å². The zero-order chi connectivity index (χ0) is 17.0. The van der Waals surface area contributed by atoms with Crippen molar-refractivity contribution < 1.29 is 9.59 Å². The fraction of sp³-hybridized carbons (Fsp3) is 0.312. The molecular formula is C16H19ClN4O2. The Labute approximate surface area is 139 Å². The summed E-state index contributed by atoms with van der Waals surface area (Å²) in [7, 11) is 0. The Bertz CT molecular complexity index is 738. The molecule has 1 heterocycles. The van der Waals surface area contributed by atoms with Crippen LogP contribution in [0, 0.1) is 0 Å². The van der Waals surface area contributed by atoms with Crippen LogP contribution in [0.2, 0.25) is 5.02 Å². The van der Waals surface area contributed by atoms with Crippen LogP contribution in [0.5, 0.6) is 0 Å². The molecule has 0 spiro atoms. The summed E-state index contributed by atoms with van der Waals surface area (Å²) in [6.07, 6.45) is 0.390. The quantitative estimate of drug-likeness (QED) is 0.708. The standard InChI is InChI=1S/C16H19ClN4O2/c1-9(2)6-14(19-10(3)22)16(23)18-8-15-20-12-5-4-11(17)7-13(12)21-15/h4-5,7,14H,1,6,8H2,2-3H3,(H,18,23)(H,19,22)(H,20,21). The van der Waals surface area contributed by atoms with Gasteiger partial charge in [-0.1, -0.05) is 17.2 Å². The molecule has 1 aromatic heterocycles. The monoisotopic (exact) mass is 334 g/mol. The molecule has 2 aromatic rings. The van der Waals surface area contributed by atoms with Gasteiger partial charge < -0.3 is 15.6 Å². The van der Waals surface area contributed by atoms with Crippen molar-refractivity contribution in [3.05, 3.63) is 41.2 Å². The second-order valence-electron chi connectivity index (χ2n) is 5.48. The molecule has 3 N–H and O–H groups in total. The molecule has 0 saturated heterocycles. The van der Waals surface area contributed by atoms with Crippen LogP contribution in [0.4, 0.5) is 0 Å². The summed E-state index contributed by atoms with van der Waals surface area (Å²) >= 11 is 5.93. The van der Waals surface area contributed by atoms with Gasteiger partial charge >= 0.3 is 0 Å². The smallest absolute Gasteiger partial charge is 0.243 e. The molecule has 23 heavy (non-hydrogen) atoms. The molecule has 1 unspecified atom stereocenters. The van der Waals surface area contributed by atoms with Gasteiger partial charge in [0.1, 0.15) is 11.9 Å². The lowest BCUT2D eigenvalue weighted by molar-refractivity contribution is -0.128. The maximum atomic E-state index is 12.2. The van der Waals surface area contributed by atoms with E-state index in [0.29, 0.717) is 17.3 Å². The number of hydrogen-bond acceptors (Lipinski definition) is 3. The Kier molecular flexibility index (Phi) is 5.39. The Morgan fingerprint density at radius 1 is 1.39 bits per heavy atom. The number of aromatic amines is 1. The maximum Gasteiger partial charge on any atom is 0.243 e. The predicted octanol–water partition coefficient (Wildman–Crippen LogP) is 2.30. The number of benzene rings is 1. The molecule has 2 amide bonds. The highest BCUT2D eigenvalue weighted by atomic mass is 35.5. The molecule has 1 aromatic carbocycles. The number of rotatable bonds is 6. The summed E-state index contributed by atoms with van der Waals surface area (Å²) in [6.45, 7) is 7.20. The summed E-state index contributed by atoms with van der Waals surface area (Å²) < 4.78 is 0. The van der Waals surface area contributed by atoms with E-state index in [2.05, 4.69) is 27.2 Å². The highest BCUT2D eigenvalue weighted by Gasteiger charge is 2.19. The van der Waals surface area contributed by atoms with E-state index in [0.717, 1.165) is 16.6 Å². The van der Waals surface area contributed by atoms with Crippen molar-refractivity contribution in [3.8, 4) is 0 Å². The molecule has 0 fully saturated rings. The van der Waals surface area contributed by atoms with Gasteiger partial charge in [0.2, 0.25) is 11.8 Å². The van der Waals surface area contributed by atoms with E-state index in [1.165, 1.54) is 6.92 Å². The minimum absolute atomic E-state index is 0.234. The van der Waals surface area contributed by atoms with Gasteiger partial charge in [-0.2, -0.15) is 0 Å². The fourth-order valence-corrected chi connectivity index (χ4v) is 2.39. The number of H-pyrrole nitrogens is 1. The zero-order valence-corrected chi connectivity index (χ0v) is 13.8. The van der Waals surface area contributed by atoms with Crippen molar-refractivity contribution in [1.82, 2.24) is 20.6 Å². The van der Waals surface area contributed by atoms with Crippen LogP contribution in [-0.4, -0.2) is 27.8 Å². The second-order valence-corrected chi connectivity index (χ2v) is 5.91. The van der Waals surface area contributed by atoms with Crippen LogP contribution in [0.1, 0.15) is 26.1 Å². The molecule has 122 valence electrons. The third kappa shape index (κ3) is 4.82. The van der Waals surface area contributed by atoms with E-state index in [-0.39, 0.29) is 18.4 Å². The largest absolute Gasteiger partial charge is 0.347 e. The molecule has 7 heteroatoms. The highest BCUT2D eigenvalue weighted by molar-refractivity contribution is 6.31. The lowest BCUT2D eigenvalue weighted by Gasteiger charge is -2.17. The van der Waals surface area contributed by atoms with E-state index in [1.807, 2.05) is 6.92 Å². The van der Waals surface area contributed by atoms with Crippen molar-refractivity contribution in [1.29, 1.82) is 0 Å². The molecule has 0 aliphatic heterocycles. The van der Waals surface area contributed by atoms with Gasteiger partial charge in [0, 0.05) is 11.9 Å². The van der Waals surface area contributed by atoms with Crippen LogP contribution < -0.4 is 10.6 Å². The SMILES string of the molecule is C=C(C)CC(NC(C)=O)C(=O)NCc1nc2ccc(Cl)cc2[nH]1. The molecule has 0 saturated carbocycles. The van der Waals surface area contributed by atoms with Crippen molar-refractivity contribution in [2.45, 2.75) is 32.9 Å². The van der Waals surface area contributed by atoms with Crippen molar-refractivity contribution in [3.63, 3.8) is 0 Å². The molecule has 2 rings (SSSR count). The lowest BCUT2D eigenvalue weighted by atomic mass is 10.1. The first-order valence-corrected chi connectivity index (χ1v) is 7.56. The number of carbonyl (C=O) groups excluding carboxylic acids is 2. The van der Waals surface area contributed by atoms with Crippen molar-refractivity contribution in [2.24, 2.45) is 0 Å². The van der Waals surface area contributed by atoms with Crippen LogP contribution in [0.25, 0.3) is 11.0 Å². The van der Waals surface area contributed by atoms with Gasteiger partial charge in [-0.3, -0.25) is 9.59 Å². The second kappa shape index (κ2) is 7.28. The van der Waals surface area contributed by atoms with Gasteiger partial charge in [-0.05, 0) is 31.5 Å². The number of halogens is 1. The van der Waals surface area contributed by atoms with Crippen LogP contribution in [0.15, 0.2) is 30.4 Å². The van der Waals surface area contributed by atoms with Crippen LogP contribution in [-0.2, 0) is 16.1 Å². The summed E-state index contributed by atoms with van der Waals surface area (Å²) in [6, 6.07) is 4.70. The molecule has 1 atom stereocenters. The molecule has 0 bridgehead atoms. The Balaban J connectivity index is 2.02. The van der Waals surface area contributed by atoms with Crippen molar-refractivity contribution in [2.75, 3.05) is 0 Å². The van der Waals surface area contributed by atoms with Gasteiger partial charge in [-0.15, -0.1) is 6.58 Å². The Morgan fingerprint density at radius 3 is 2.78 bits per heavy atom. The third-order valence-corrected chi connectivity index (χ3v) is 3.40. The molecular weight excluding hydrogens is 316 g/mol. The third-order valence-electron chi connectivity index (χ3n) is 3.17. The Morgan fingerprint density at radius 2 is 2.13 bits per heavy atom. The van der Waals surface area contributed by atoms with Gasteiger partial charge in [0.15, 0.2) is 0 Å². The number of carbonyl (C=O) groups is 2. The van der Waals surface area contributed by atoms with E-state index < -0.39 is 6.04 Å². The molecule has 0 aliphatic carbocycles. The summed E-state index contributed by atoms with van der Waals surface area (Å²) in [5.41, 5.74) is 2.40. The number of nitrogens with one attached hydrogen (secondary N) is 3. The number of nitrogens with zero attached hydrogens (tertiary/aromatic N) is 1. The fourth-order valence-electron chi connectivity index (χ4n) is 2.22. The average molecular weight is 335 g/mol. The van der Waals surface area contributed by atoms with E-state index >= 15 is 0 Å². The first-order valence-electron chi connectivity index (χ1n) is 7.18. The van der Waals surface area contributed by atoms with Gasteiger partial charge in [0.05, 0.1) is 17.6 Å². The van der Waals surface area contributed by atoms with E-state index in [1.54, 1.807) is 18.2 Å². The average Bonchev–Trinajstić information content (AvgIpc) is 2.85. The van der Waals surface area contributed by atoms with E-state index in [9.17, 15) is 9.59 Å². The number of amides is 2. The normalized spacial score (nSPS) is 12.0. The van der Waals surface area contributed by atoms with Gasteiger partial charge in [-0.25, -0.2) is 4.98 Å². The maximum absolute atomic E-state index is 12.2. The molecule has 0 aliphatic rings. The molecule has 6 nitrogen and oxygen atoms in total. The number of hydrogen-bond donors (Lipinski definition) is 3. The first-order chi connectivity index (χ1) is 10.8. The lowest BCUT2D eigenvalue weighted by Crippen LogP contribution is -2.46. The summed E-state index contributed by atoms with van der Waals surface area (Å²) in [5, 5.41) is 6.00. The summed E-state index contributed by atoms with van der Waals surface area (Å²) in [4.78, 5) is 30.9. The predicted molar refractivity (Wildman–Crippen MR) is 90.0 cm³/mol. The van der Waals surface area contributed by atoms with Crippen LogP contribution >= 0.6 is 11.6 Å². The highest BCUT2D eigenvalue weighted by Crippen LogP contribution is 2.17.